The van der Waals surface area contributed by atoms with Crippen molar-refractivity contribution in [1.82, 2.24) is 5.32 Å². The molecule has 4 heteroatoms. The zero-order chi connectivity index (χ0) is 15.2. The number of nitrogens with two attached hydrogens (primary N) is 1. The van der Waals surface area contributed by atoms with E-state index in [0.29, 0.717) is 17.9 Å². The minimum absolute atomic E-state index is 0.0970. The lowest BCUT2D eigenvalue weighted by molar-refractivity contribution is 0.0926. The molecule has 2 rings (SSSR count). The van der Waals surface area contributed by atoms with Crippen LogP contribution < -0.4 is 15.8 Å². The molecule has 0 fully saturated rings. The topological polar surface area (TPSA) is 64.3 Å². The number of anilines is 1. The van der Waals surface area contributed by atoms with Crippen molar-refractivity contribution in [2.75, 3.05) is 12.3 Å². The highest BCUT2D eigenvalue weighted by Crippen LogP contribution is 2.12. The standard InChI is InChI=1S/C17H20N2O2/c1-12-6-8-16(9-7-12)21-11-13(2)19-17(20)14-4-3-5-15(18)10-14/h3-10,13H,11,18H2,1-2H3,(H,19,20). The lowest BCUT2D eigenvalue weighted by Gasteiger charge is -2.15. The number of rotatable bonds is 5. The molecular formula is C17H20N2O2. The molecule has 0 spiro atoms. The zero-order valence-electron chi connectivity index (χ0n) is 12.3. The molecule has 0 aliphatic heterocycles. The third-order valence-electron chi connectivity index (χ3n) is 3.05. The van der Waals surface area contributed by atoms with E-state index in [9.17, 15) is 4.79 Å². The van der Waals surface area contributed by atoms with E-state index in [1.807, 2.05) is 38.1 Å². The average molecular weight is 284 g/mol. The largest absolute Gasteiger partial charge is 0.491 e. The number of aryl methyl sites for hydroxylation is 1. The van der Waals surface area contributed by atoms with Gasteiger partial charge in [0.15, 0.2) is 0 Å². The number of ether oxygens (including phenoxy) is 1. The van der Waals surface area contributed by atoms with E-state index in [1.54, 1.807) is 24.3 Å². The number of amides is 1. The Balaban J connectivity index is 1.85. The molecule has 1 atom stereocenters. The van der Waals surface area contributed by atoms with E-state index in [0.717, 1.165) is 5.75 Å². The minimum Gasteiger partial charge on any atom is -0.491 e. The maximum absolute atomic E-state index is 12.0. The number of carbonyl (C=O) groups excluding carboxylic acids is 1. The van der Waals surface area contributed by atoms with Gasteiger partial charge < -0.3 is 15.8 Å². The number of carbonyl (C=O) groups is 1. The van der Waals surface area contributed by atoms with E-state index < -0.39 is 0 Å². The van der Waals surface area contributed by atoms with Crippen molar-refractivity contribution in [3.63, 3.8) is 0 Å². The molecule has 1 unspecified atom stereocenters. The van der Waals surface area contributed by atoms with Crippen LogP contribution in [0.15, 0.2) is 48.5 Å². The molecular weight excluding hydrogens is 264 g/mol. The maximum Gasteiger partial charge on any atom is 0.251 e. The monoisotopic (exact) mass is 284 g/mol. The normalized spacial score (nSPS) is 11.7. The molecule has 0 bridgehead atoms. The summed E-state index contributed by atoms with van der Waals surface area (Å²) in [6, 6.07) is 14.6. The first-order valence-corrected chi connectivity index (χ1v) is 6.90. The molecule has 0 aromatic heterocycles. The third kappa shape index (κ3) is 4.53. The fourth-order valence-electron chi connectivity index (χ4n) is 1.88. The van der Waals surface area contributed by atoms with Gasteiger partial charge in [0.1, 0.15) is 12.4 Å². The van der Waals surface area contributed by atoms with Gasteiger partial charge in [0.05, 0.1) is 6.04 Å². The van der Waals surface area contributed by atoms with E-state index >= 15 is 0 Å². The fraction of sp³-hybridized carbons (Fsp3) is 0.235. The summed E-state index contributed by atoms with van der Waals surface area (Å²) < 4.78 is 5.64. The van der Waals surface area contributed by atoms with Gasteiger partial charge in [-0.3, -0.25) is 4.79 Å². The minimum atomic E-state index is -0.151. The average Bonchev–Trinajstić information content (AvgIpc) is 2.46. The van der Waals surface area contributed by atoms with Crippen LogP contribution in [0, 0.1) is 6.92 Å². The van der Waals surface area contributed by atoms with Gasteiger partial charge in [0.25, 0.3) is 5.91 Å². The van der Waals surface area contributed by atoms with E-state index in [1.165, 1.54) is 5.56 Å². The van der Waals surface area contributed by atoms with Crippen LogP contribution in [0.25, 0.3) is 0 Å². The third-order valence-corrected chi connectivity index (χ3v) is 3.05. The Labute approximate surface area is 124 Å². The molecule has 0 heterocycles. The summed E-state index contributed by atoms with van der Waals surface area (Å²) in [6.45, 7) is 4.34. The number of hydrogen-bond acceptors (Lipinski definition) is 3. The smallest absolute Gasteiger partial charge is 0.251 e. The molecule has 2 aromatic carbocycles. The van der Waals surface area contributed by atoms with Gasteiger partial charge in [-0.05, 0) is 44.2 Å². The highest BCUT2D eigenvalue weighted by Gasteiger charge is 2.10. The summed E-state index contributed by atoms with van der Waals surface area (Å²) >= 11 is 0. The highest BCUT2D eigenvalue weighted by atomic mass is 16.5. The molecule has 1 amide bonds. The Morgan fingerprint density at radius 2 is 1.95 bits per heavy atom. The molecule has 3 N–H and O–H groups in total. The SMILES string of the molecule is Cc1ccc(OCC(C)NC(=O)c2cccc(N)c2)cc1. The molecule has 4 nitrogen and oxygen atoms in total. The Morgan fingerprint density at radius 1 is 1.24 bits per heavy atom. The molecule has 0 aliphatic carbocycles. The lowest BCUT2D eigenvalue weighted by Crippen LogP contribution is -2.36. The predicted octanol–water partition coefficient (Wildman–Crippen LogP) is 2.77. The van der Waals surface area contributed by atoms with Crippen molar-refractivity contribution < 1.29 is 9.53 Å². The zero-order valence-corrected chi connectivity index (χ0v) is 12.3. The van der Waals surface area contributed by atoms with Gasteiger partial charge in [-0.25, -0.2) is 0 Å². The van der Waals surface area contributed by atoms with Gasteiger partial charge in [-0.15, -0.1) is 0 Å². The summed E-state index contributed by atoms with van der Waals surface area (Å²) in [5, 5.41) is 2.89. The second-order valence-electron chi connectivity index (χ2n) is 5.12. The molecule has 0 saturated carbocycles. The Morgan fingerprint density at radius 3 is 2.62 bits per heavy atom. The van der Waals surface area contributed by atoms with Crippen LogP contribution in [0.2, 0.25) is 0 Å². The quantitative estimate of drug-likeness (QED) is 0.830. The lowest BCUT2D eigenvalue weighted by atomic mass is 10.2. The summed E-state index contributed by atoms with van der Waals surface area (Å²) in [7, 11) is 0. The van der Waals surface area contributed by atoms with Gasteiger partial charge in [0, 0.05) is 11.3 Å². The summed E-state index contributed by atoms with van der Waals surface area (Å²) in [4.78, 5) is 12.0. The summed E-state index contributed by atoms with van der Waals surface area (Å²) in [5.74, 6) is 0.646. The summed E-state index contributed by atoms with van der Waals surface area (Å²) in [5.41, 5.74) is 7.98. The van der Waals surface area contributed by atoms with Crippen LogP contribution in [0.1, 0.15) is 22.8 Å². The van der Waals surface area contributed by atoms with Crippen LogP contribution in [-0.2, 0) is 0 Å². The van der Waals surface area contributed by atoms with Gasteiger partial charge >= 0.3 is 0 Å². The van der Waals surface area contributed by atoms with Crippen molar-refractivity contribution in [2.45, 2.75) is 19.9 Å². The number of nitrogen functional groups attached to an aromatic ring is 1. The second kappa shape index (κ2) is 6.79. The molecule has 0 saturated heterocycles. The van der Waals surface area contributed by atoms with E-state index in [2.05, 4.69) is 5.32 Å². The van der Waals surface area contributed by atoms with Crippen molar-refractivity contribution in [1.29, 1.82) is 0 Å². The highest BCUT2D eigenvalue weighted by molar-refractivity contribution is 5.95. The Bertz CT molecular complexity index is 608. The van der Waals surface area contributed by atoms with Crippen molar-refractivity contribution in [2.24, 2.45) is 0 Å². The van der Waals surface area contributed by atoms with Crippen LogP contribution in [-0.4, -0.2) is 18.6 Å². The van der Waals surface area contributed by atoms with Crippen molar-refractivity contribution in [3.05, 3.63) is 59.7 Å². The predicted molar refractivity (Wildman–Crippen MR) is 84.5 cm³/mol. The van der Waals surface area contributed by atoms with Gasteiger partial charge in [-0.2, -0.15) is 0 Å². The van der Waals surface area contributed by atoms with Crippen LogP contribution in [0.3, 0.4) is 0 Å². The van der Waals surface area contributed by atoms with Crippen molar-refractivity contribution >= 4 is 11.6 Å². The molecule has 0 radical (unpaired) electrons. The Hall–Kier alpha value is -2.49. The van der Waals surface area contributed by atoms with Crippen LogP contribution in [0.4, 0.5) is 5.69 Å². The molecule has 110 valence electrons. The van der Waals surface area contributed by atoms with E-state index in [4.69, 9.17) is 10.5 Å². The fourth-order valence-corrected chi connectivity index (χ4v) is 1.88. The van der Waals surface area contributed by atoms with Crippen LogP contribution in [0.5, 0.6) is 5.75 Å². The number of benzene rings is 2. The van der Waals surface area contributed by atoms with Gasteiger partial charge in [0.2, 0.25) is 0 Å². The van der Waals surface area contributed by atoms with Crippen LogP contribution >= 0.6 is 0 Å². The number of hydrogen-bond donors (Lipinski definition) is 2. The maximum atomic E-state index is 12.0. The second-order valence-corrected chi connectivity index (χ2v) is 5.12. The Kier molecular flexibility index (Phi) is 4.82. The summed E-state index contributed by atoms with van der Waals surface area (Å²) in [6.07, 6.45) is 0. The molecule has 21 heavy (non-hydrogen) atoms. The number of nitrogens with one attached hydrogen (secondary N) is 1. The van der Waals surface area contributed by atoms with Crippen molar-refractivity contribution in [3.8, 4) is 5.75 Å². The van der Waals surface area contributed by atoms with E-state index in [-0.39, 0.29) is 11.9 Å². The molecule has 0 aliphatic rings. The van der Waals surface area contributed by atoms with Gasteiger partial charge in [-0.1, -0.05) is 23.8 Å². The molecule has 2 aromatic rings. The first-order valence-electron chi connectivity index (χ1n) is 6.90. The first-order chi connectivity index (χ1) is 10.0. The first kappa shape index (κ1) is 14.9.